The van der Waals surface area contributed by atoms with E-state index in [-0.39, 0.29) is 0 Å². The standard InChI is InChI=1S/C11H16OS/c1-2-13-9-8-12-10-11-6-4-3-5-7-11/h3-7H,2,8-10H2,1H3. The molecule has 1 rings (SSSR count). The van der Waals surface area contributed by atoms with Crippen molar-refractivity contribution in [3.05, 3.63) is 35.9 Å². The van der Waals surface area contributed by atoms with Crippen molar-refractivity contribution in [1.29, 1.82) is 0 Å². The van der Waals surface area contributed by atoms with Crippen molar-refractivity contribution in [3.63, 3.8) is 0 Å². The van der Waals surface area contributed by atoms with Crippen LogP contribution >= 0.6 is 11.8 Å². The lowest BCUT2D eigenvalue weighted by Gasteiger charge is -2.02. The molecule has 2 heteroatoms. The smallest absolute Gasteiger partial charge is 0.0717 e. The third-order valence-electron chi connectivity index (χ3n) is 1.69. The summed E-state index contributed by atoms with van der Waals surface area (Å²) in [7, 11) is 0. The van der Waals surface area contributed by atoms with Gasteiger partial charge in [0.05, 0.1) is 13.2 Å². The molecular weight excluding hydrogens is 180 g/mol. The topological polar surface area (TPSA) is 9.23 Å². The van der Waals surface area contributed by atoms with E-state index < -0.39 is 0 Å². The van der Waals surface area contributed by atoms with Crippen LogP contribution in [0.25, 0.3) is 0 Å². The molecule has 0 bridgehead atoms. The van der Waals surface area contributed by atoms with Crippen molar-refractivity contribution in [2.75, 3.05) is 18.1 Å². The lowest BCUT2D eigenvalue weighted by atomic mass is 10.2. The summed E-state index contributed by atoms with van der Waals surface area (Å²) in [6.45, 7) is 3.76. The van der Waals surface area contributed by atoms with Crippen molar-refractivity contribution in [1.82, 2.24) is 0 Å². The monoisotopic (exact) mass is 196 g/mol. The average molecular weight is 196 g/mol. The van der Waals surface area contributed by atoms with Gasteiger partial charge in [-0.05, 0) is 11.3 Å². The average Bonchev–Trinajstić information content (AvgIpc) is 2.19. The van der Waals surface area contributed by atoms with E-state index in [1.807, 2.05) is 30.0 Å². The van der Waals surface area contributed by atoms with Gasteiger partial charge in [-0.2, -0.15) is 11.8 Å². The fourth-order valence-corrected chi connectivity index (χ4v) is 1.55. The Labute approximate surface area is 84.5 Å². The molecule has 72 valence electrons. The van der Waals surface area contributed by atoms with Gasteiger partial charge in [0.2, 0.25) is 0 Å². The van der Waals surface area contributed by atoms with E-state index in [4.69, 9.17) is 4.74 Å². The molecule has 0 atom stereocenters. The minimum atomic E-state index is 0.741. The maximum Gasteiger partial charge on any atom is 0.0717 e. The van der Waals surface area contributed by atoms with Gasteiger partial charge in [-0.15, -0.1) is 0 Å². The summed E-state index contributed by atoms with van der Waals surface area (Å²) in [6, 6.07) is 10.3. The van der Waals surface area contributed by atoms with Crippen LogP contribution in [0.3, 0.4) is 0 Å². The Kier molecular flexibility index (Phi) is 5.70. The van der Waals surface area contributed by atoms with Crippen LogP contribution in [-0.2, 0) is 11.3 Å². The van der Waals surface area contributed by atoms with Gasteiger partial charge < -0.3 is 4.74 Å². The van der Waals surface area contributed by atoms with Crippen LogP contribution < -0.4 is 0 Å². The van der Waals surface area contributed by atoms with E-state index >= 15 is 0 Å². The molecule has 0 aliphatic rings. The largest absolute Gasteiger partial charge is 0.376 e. The molecule has 0 aromatic heterocycles. The first-order valence-corrected chi connectivity index (χ1v) is 5.78. The molecule has 0 saturated carbocycles. The number of ether oxygens (including phenoxy) is 1. The van der Waals surface area contributed by atoms with Gasteiger partial charge in [-0.1, -0.05) is 37.3 Å². The summed E-state index contributed by atoms with van der Waals surface area (Å²) < 4.78 is 5.50. The fourth-order valence-electron chi connectivity index (χ4n) is 1.03. The molecule has 0 aliphatic carbocycles. The molecule has 0 spiro atoms. The zero-order valence-corrected chi connectivity index (χ0v) is 8.85. The van der Waals surface area contributed by atoms with Crippen molar-refractivity contribution in [2.45, 2.75) is 13.5 Å². The van der Waals surface area contributed by atoms with Crippen LogP contribution in [0, 0.1) is 0 Å². The number of thioether (sulfide) groups is 1. The molecule has 0 radical (unpaired) electrons. The summed E-state index contributed by atoms with van der Waals surface area (Å²) in [4.78, 5) is 0. The van der Waals surface area contributed by atoms with Gasteiger partial charge in [-0.3, -0.25) is 0 Å². The van der Waals surface area contributed by atoms with Gasteiger partial charge in [0, 0.05) is 5.75 Å². The lowest BCUT2D eigenvalue weighted by molar-refractivity contribution is 0.136. The third kappa shape index (κ3) is 4.96. The quantitative estimate of drug-likeness (QED) is 0.647. The molecule has 0 unspecified atom stereocenters. The summed E-state index contributed by atoms with van der Waals surface area (Å²) in [5.41, 5.74) is 1.25. The molecule has 1 nitrogen and oxygen atoms in total. The molecule has 0 fully saturated rings. The van der Waals surface area contributed by atoms with Crippen molar-refractivity contribution >= 4 is 11.8 Å². The van der Waals surface area contributed by atoms with E-state index in [0.717, 1.165) is 19.0 Å². The Morgan fingerprint density at radius 2 is 2.00 bits per heavy atom. The van der Waals surface area contributed by atoms with Crippen LogP contribution in [0.15, 0.2) is 30.3 Å². The minimum absolute atomic E-state index is 0.741. The van der Waals surface area contributed by atoms with Gasteiger partial charge in [0.1, 0.15) is 0 Å². The SMILES string of the molecule is CCSCCOCc1ccccc1. The van der Waals surface area contributed by atoms with Crippen molar-refractivity contribution in [2.24, 2.45) is 0 Å². The van der Waals surface area contributed by atoms with Crippen molar-refractivity contribution < 1.29 is 4.74 Å². The van der Waals surface area contributed by atoms with Gasteiger partial charge in [0.25, 0.3) is 0 Å². The fraction of sp³-hybridized carbons (Fsp3) is 0.455. The highest BCUT2D eigenvalue weighted by molar-refractivity contribution is 7.99. The van der Waals surface area contributed by atoms with Crippen LogP contribution in [0.4, 0.5) is 0 Å². The normalized spacial score (nSPS) is 10.2. The summed E-state index contributed by atoms with van der Waals surface area (Å²) in [5, 5.41) is 0. The number of rotatable bonds is 6. The Balaban J connectivity index is 2.07. The lowest BCUT2D eigenvalue weighted by Crippen LogP contribution is -1.97. The van der Waals surface area contributed by atoms with E-state index in [0.29, 0.717) is 0 Å². The highest BCUT2D eigenvalue weighted by Crippen LogP contribution is 2.02. The molecule has 0 N–H and O–H groups in total. The molecular formula is C11H16OS. The van der Waals surface area contributed by atoms with Crippen LogP contribution in [0.2, 0.25) is 0 Å². The summed E-state index contributed by atoms with van der Waals surface area (Å²) in [6.07, 6.45) is 0. The zero-order valence-electron chi connectivity index (χ0n) is 8.03. The number of hydrogen-bond acceptors (Lipinski definition) is 2. The van der Waals surface area contributed by atoms with E-state index in [2.05, 4.69) is 19.1 Å². The van der Waals surface area contributed by atoms with E-state index in [9.17, 15) is 0 Å². The first-order valence-electron chi connectivity index (χ1n) is 4.63. The highest BCUT2D eigenvalue weighted by Gasteiger charge is 1.90. The Morgan fingerprint density at radius 3 is 2.69 bits per heavy atom. The van der Waals surface area contributed by atoms with Crippen LogP contribution in [0.5, 0.6) is 0 Å². The number of hydrogen-bond donors (Lipinski definition) is 0. The summed E-state index contributed by atoms with van der Waals surface area (Å²) in [5.74, 6) is 2.28. The molecule has 0 heterocycles. The predicted molar refractivity (Wildman–Crippen MR) is 59.1 cm³/mol. The zero-order chi connectivity index (χ0) is 9.36. The predicted octanol–water partition coefficient (Wildman–Crippen LogP) is 2.96. The maximum atomic E-state index is 5.50. The summed E-state index contributed by atoms with van der Waals surface area (Å²) >= 11 is 1.92. The third-order valence-corrected chi connectivity index (χ3v) is 2.55. The second-order valence-electron chi connectivity index (χ2n) is 2.74. The van der Waals surface area contributed by atoms with Crippen molar-refractivity contribution in [3.8, 4) is 0 Å². The van der Waals surface area contributed by atoms with Crippen LogP contribution in [0.1, 0.15) is 12.5 Å². The second kappa shape index (κ2) is 6.98. The minimum Gasteiger partial charge on any atom is -0.376 e. The van der Waals surface area contributed by atoms with Crippen LogP contribution in [-0.4, -0.2) is 18.1 Å². The second-order valence-corrected chi connectivity index (χ2v) is 4.13. The Morgan fingerprint density at radius 1 is 1.23 bits per heavy atom. The molecule has 0 saturated heterocycles. The Bertz CT molecular complexity index is 211. The molecule has 1 aromatic rings. The Hall–Kier alpha value is -0.470. The first kappa shape index (κ1) is 10.6. The van der Waals surface area contributed by atoms with Gasteiger partial charge in [-0.25, -0.2) is 0 Å². The maximum absolute atomic E-state index is 5.50. The van der Waals surface area contributed by atoms with E-state index in [1.165, 1.54) is 11.3 Å². The molecule has 0 amide bonds. The molecule has 1 aromatic carbocycles. The first-order chi connectivity index (χ1) is 6.43. The molecule has 13 heavy (non-hydrogen) atoms. The highest BCUT2D eigenvalue weighted by atomic mass is 32.2. The van der Waals surface area contributed by atoms with E-state index in [1.54, 1.807) is 0 Å². The van der Waals surface area contributed by atoms with Gasteiger partial charge >= 0.3 is 0 Å². The number of benzene rings is 1. The molecule has 0 aliphatic heterocycles. The van der Waals surface area contributed by atoms with Gasteiger partial charge in [0.15, 0.2) is 0 Å².